The molecule has 0 amide bonds. The van der Waals surface area contributed by atoms with Gasteiger partial charge in [0.05, 0.1) is 6.61 Å². The fourth-order valence-electron chi connectivity index (χ4n) is 2.20. The van der Waals surface area contributed by atoms with Crippen LogP contribution in [0.3, 0.4) is 0 Å². The summed E-state index contributed by atoms with van der Waals surface area (Å²) in [6.07, 6.45) is 3.21. The Morgan fingerprint density at radius 1 is 1.44 bits per heavy atom. The van der Waals surface area contributed by atoms with Crippen molar-refractivity contribution in [1.29, 1.82) is 0 Å². The summed E-state index contributed by atoms with van der Waals surface area (Å²) in [5, 5.41) is 4.05. The molecule has 2 nitrogen and oxygen atoms in total. The zero-order valence-corrected chi connectivity index (χ0v) is 11.4. The first kappa shape index (κ1) is 13.8. The third kappa shape index (κ3) is 3.67. The van der Waals surface area contributed by atoms with Gasteiger partial charge in [-0.15, -0.1) is 0 Å². The standard InChI is InChI=1S/C14H19ClFNO/c1-18-7-6-17-10-14(4-5-14)9-11-8-12(16)2-3-13(11)15/h2-3,8,17H,4-7,9-10H2,1H3. The third-order valence-corrected chi connectivity index (χ3v) is 3.88. The molecule has 0 heterocycles. The highest BCUT2D eigenvalue weighted by molar-refractivity contribution is 6.31. The van der Waals surface area contributed by atoms with Crippen molar-refractivity contribution >= 4 is 11.6 Å². The zero-order valence-electron chi connectivity index (χ0n) is 10.6. The topological polar surface area (TPSA) is 21.3 Å². The second-order valence-corrected chi connectivity index (χ2v) is 5.49. The van der Waals surface area contributed by atoms with Crippen molar-refractivity contribution < 1.29 is 9.13 Å². The van der Waals surface area contributed by atoms with Gasteiger partial charge in [-0.2, -0.15) is 0 Å². The SMILES string of the molecule is COCCNCC1(Cc2cc(F)ccc2Cl)CC1. The van der Waals surface area contributed by atoms with Crippen molar-refractivity contribution in [2.45, 2.75) is 19.3 Å². The minimum Gasteiger partial charge on any atom is -0.383 e. The maximum atomic E-state index is 13.2. The van der Waals surface area contributed by atoms with Crippen LogP contribution in [0.2, 0.25) is 5.02 Å². The molecular formula is C14H19ClFNO. The fourth-order valence-corrected chi connectivity index (χ4v) is 2.39. The highest BCUT2D eigenvalue weighted by Crippen LogP contribution is 2.48. The number of hydrogen-bond donors (Lipinski definition) is 1. The number of ether oxygens (including phenoxy) is 1. The molecule has 1 aliphatic rings. The first-order chi connectivity index (χ1) is 8.65. The summed E-state index contributed by atoms with van der Waals surface area (Å²) in [6, 6.07) is 4.60. The van der Waals surface area contributed by atoms with E-state index in [1.807, 2.05) is 0 Å². The monoisotopic (exact) mass is 271 g/mol. The lowest BCUT2D eigenvalue weighted by molar-refractivity contribution is 0.197. The van der Waals surface area contributed by atoms with Crippen LogP contribution in [-0.2, 0) is 11.2 Å². The van der Waals surface area contributed by atoms with Gasteiger partial charge in [0.15, 0.2) is 0 Å². The number of hydrogen-bond acceptors (Lipinski definition) is 2. The molecule has 0 atom stereocenters. The number of nitrogens with one attached hydrogen (secondary N) is 1. The number of methoxy groups -OCH3 is 1. The average Bonchev–Trinajstić information content (AvgIpc) is 3.10. The molecule has 18 heavy (non-hydrogen) atoms. The van der Waals surface area contributed by atoms with Gasteiger partial charge >= 0.3 is 0 Å². The van der Waals surface area contributed by atoms with Crippen LogP contribution >= 0.6 is 11.6 Å². The Balaban J connectivity index is 1.90. The molecule has 0 saturated heterocycles. The van der Waals surface area contributed by atoms with Crippen LogP contribution in [0.5, 0.6) is 0 Å². The van der Waals surface area contributed by atoms with Gasteiger partial charge in [-0.1, -0.05) is 11.6 Å². The second-order valence-electron chi connectivity index (χ2n) is 5.08. The lowest BCUT2D eigenvalue weighted by atomic mass is 9.96. The Bertz CT molecular complexity index is 407. The third-order valence-electron chi connectivity index (χ3n) is 3.51. The predicted octanol–water partition coefficient (Wildman–Crippen LogP) is 3.04. The Hall–Kier alpha value is -0.640. The van der Waals surface area contributed by atoms with Crippen LogP contribution in [-0.4, -0.2) is 26.8 Å². The fraction of sp³-hybridized carbons (Fsp3) is 0.571. The molecule has 1 aromatic carbocycles. The molecule has 1 aromatic rings. The molecule has 0 aromatic heterocycles. The van der Waals surface area contributed by atoms with Gasteiger partial charge in [0.1, 0.15) is 5.82 Å². The van der Waals surface area contributed by atoms with E-state index in [1.165, 1.54) is 18.9 Å². The molecule has 0 spiro atoms. The van der Waals surface area contributed by atoms with Crippen molar-refractivity contribution in [3.05, 3.63) is 34.6 Å². The Morgan fingerprint density at radius 3 is 2.89 bits per heavy atom. The molecule has 0 unspecified atom stereocenters. The van der Waals surface area contributed by atoms with Crippen molar-refractivity contribution in [3.63, 3.8) is 0 Å². The zero-order chi connectivity index (χ0) is 13.0. The van der Waals surface area contributed by atoms with E-state index in [0.29, 0.717) is 5.02 Å². The summed E-state index contributed by atoms with van der Waals surface area (Å²) >= 11 is 6.11. The van der Waals surface area contributed by atoms with Crippen molar-refractivity contribution in [2.24, 2.45) is 5.41 Å². The van der Waals surface area contributed by atoms with Gasteiger partial charge in [-0.25, -0.2) is 4.39 Å². The molecule has 0 bridgehead atoms. The van der Waals surface area contributed by atoms with Crippen molar-refractivity contribution in [1.82, 2.24) is 5.32 Å². The van der Waals surface area contributed by atoms with Crippen molar-refractivity contribution in [2.75, 3.05) is 26.8 Å². The van der Waals surface area contributed by atoms with Crippen LogP contribution in [0.15, 0.2) is 18.2 Å². The largest absolute Gasteiger partial charge is 0.383 e. The minimum atomic E-state index is -0.211. The summed E-state index contributed by atoms with van der Waals surface area (Å²) in [5.41, 5.74) is 1.19. The van der Waals surface area contributed by atoms with E-state index in [2.05, 4.69) is 5.32 Å². The predicted molar refractivity (Wildman–Crippen MR) is 71.5 cm³/mol. The van der Waals surface area contributed by atoms with Gasteiger partial charge in [0, 0.05) is 25.2 Å². The summed E-state index contributed by atoms with van der Waals surface area (Å²) in [4.78, 5) is 0. The maximum absolute atomic E-state index is 13.2. The molecular weight excluding hydrogens is 253 g/mol. The average molecular weight is 272 g/mol. The van der Waals surface area contributed by atoms with Gasteiger partial charge in [0.25, 0.3) is 0 Å². The lowest BCUT2D eigenvalue weighted by Gasteiger charge is -2.17. The Labute approximate surface area is 112 Å². The molecule has 2 rings (SSSR count). The minimum absolute atomic E-state index is 0.211. The van der Waals surface area contributed by atoms with Gasteiger partial charge in [-0.3, -0.25) is 0 Å². The summed E-state index contributed by atoms with van der Waals surface area (Å²) in [5.74, 6) is -0.211. The molecule has 1 N–H and O–H groups in total. The lowest BCUT2D eigenvalue weighted by Crippen LogP contribution is -2.28. The number of rotatable bonds is 7. The van der Waals surface area contributed by atoms with E-state index >= 15 is 0 Å². The van der Waals surface area contributed by atoms with Crippen LogP contribution in [0, 0.1) is 11.2 Å². The molecule has 1 fully saturated rings. The van der Waals surface area contributed by atoms with Crippen LogP contribution in [0.1, 0.15) is 18.4 Å². The van der Waals surface area contributed by atoms with Crippen LogP contribution in [0.25, 0.3) is 0 Å². The van der Waals surface area contributed by atoms with E-state index in [9.17, 15) is 4.39 Å². The van der Waals surface area contributed by atoms with Gasteiger partial charge < -0.3 is 10.1 Å². The summed E-state index contributed by atoms with van der Waals surface area (Å²) < 4.78 is 18.2. The molecule has 100 valence electrons. The molecule has 0 radical (unpaired) electrons. The van der Waals surface area contributed by atoms with E-state index in [1.54, 1.807) is 19.2 Å². The van der Waals surface area contributed by atoms with E-state index in [-0.39, 0.29) is 11.2 Å². The van der Waals surface area contributed by atoms with Crippen LogP contribution < -0.4 is 5.32 Å². The number of benzene rings is 1. The summed E-state index contributed by atoms with van der Waals surface area (Å²) in [6.45, 7) is 2.52. The highest BCUT2D eigenvalue weighted by Gasteiger charge is 2.42. The normalized spacial score (nSPS) is 16.8. The molecule has 1 saturated carbocycles. The molecule has 0 aliphatic heterocycles. The number of halogens is 2. The van der Waals surface area contributed by atoms with Gasteiger partial charge in [-0.05, 0) is 48.4 Å². The summed E-state index contributed by atoms with van der Waals surface area (Å²) in [7, 11) is 1.70. The first-order valence-electron chi connectivity index (χ1n) is 6.29. The first-order valence-corrected chi connectivity index (χ1v) is 6.67. The Kier molecular flexibility index (Phi) is 4.60. The Morgan fingerprint density at radius 2 is 2.22 bits per heavy atom. The van der Waals surface area contributed by atoms with E-state index in [4.69, 9.17) is 16.3 Å². The quantitative estimate of drug-likeness (QED) is 0.770. The van der Waals surface area contributed by atoms with Gasteiger partial charge in [0.2, 0.25) is 0 Å². The highest BCUT2D eigenvalue weighted by atomic mass is 35.5. The molecule has 4 heteroatoms. The van der Waals surface area contributed by atoms with E-state index in [0.717, 1.165) is 31.7 Å². The van der Waals surface area contributed by atoms with Crippen molar-refractivity contribution in [3.8, 4) is 0 Å². The second kappa shape index (κ2) is 6.00. The smallest absolute Gasteiger partial charge is 0.123 e. The maximum Gasteiger partial charge on any atom is 0.123 e. The van der Waals surface area contributed by atoms with E-state index < -0.39 is 0 Å². The molecule has 1 aliphatic carbocycles. The van der Waals surface area contributed by atoms with Crippen LogP contribution in [0.4, 0.5) is 4.39 Å².